The Morgan fingerprint density at radius 3 is 2.60 bits per heavy atom. The van der Waals surface area contributed by atoms with E-state index >= 15 is 0 Å². The zero-order valence-electron chi connectivity index (χ0n) is 16.0. The number of rotatable bonds is 8. The summed E-state index contributed by atoms with van der Waals surface area (Å²) in [4.78, 5) is 16.6. The van der Waals surface area contributed by atoms with Crippen molar-refractivity contribution in [1.82, 2.24) is 20.3 Å². The molecule has 7 heteroatoms. The fourth-order valence-corrected chi connectivity index (χ4v) is 3.47. The van der Waals surface area contributed by atoms with Gasteiger partial charge in [0.05, 0.1) is 19.8 Å². The number of morpholine rings is 1. The number of urea groups is 1. The van der Waals surface area contributed by atoms with Gasteiger partial charge in [-0.05, 0) is 12.8 Å². The van der Waals surface area contributed by atoms with Crippen molar-refractivity contribution in [3.05, 3.63) is 17.5 Å². The van der Waals surface area contributed by atoms with Gasteiger partial charge in [-0.25, -0.2) is 4.79 Å². The maximum Gasteiger partial charge on any atom is 0.317 e. The highest BCUT2D eigenvalue weighted by Gasteiger charge is 2.27. The van der Waals surface area contributed by atoms with Crippen LogP contribution in [0.2, 0.25) is 0 Å². The minimum Gasteiger partial charge on any atom is -0.379 e. The van der Waals surface area contributed by atoms with Gasteiger partial charge in [0.1, 0.15) is 11.5 Å². The molecule has 0 radical (unpaired) electrons. The minimum atomic E-state index is -0.0788. The normalized spacial score (nSPS) is 16.8. The number of ether oxygens (including phenoxy) is 1. The third kappa shape index (κ3) is 5.71. The van der Waals surface area contributed by atoms with Crippen LogP contribution in [-0.4, -0.2) is 66.9 Å². The Hall–Kier alpha value is -1.60. The molecule has 1 aliphatic rings. The quantitative estimate of drug-likeness (QED) is 0.777. The molecule has 0 bridgehead atoms. The van der Waals surface area contributed by atoms with Crippen molar-refractivity contribution in [3.8, 4) is 0 Å². The van der Waals surface area contributed by atoms with E-state index in [4.69, 9.17) is 9.26 Å². The molecular formula is C18H32N4O3. The average molecular weight is 352 g/mol. The van der Waals surface area contributed by atoms with Gasteiger partial charge in [0.25, 0.3) is 0 Å². The van der Waals surface area contributed by atoms with Crippen LogP contribution in [0.3, 0.4) is 0 Å². The minimum absolute atomic E-state index is 0.0788. The molecule has 7 nitrogen and oxygen atoms in total. The van der Waals surface area contributed by atoms with Crippen LogP contribution in [0.1, 0.15) is 38.1 Å². The lowest BCUT2D eigenvalue weighted by Gasteiger charge is -2.39. The maximum atomic E-state index is 12.5. The summed E-state index contributed by atoms with van der Waals surface area (Å²) in [6, 6.07) is 2.13. The first kappa shape index (κ1) is 19.7. The lowest BCUT2D eigenvalue weighted by atomic mass is 9.92. The molecule has 0 saturated carbocycles. The first-order chi connectivity index (χ1) is 12.0. The zero-order valence-corrected chi connectivity index (χ0v) is 16.0. The summed E-state index contributed by atoms with van der Waals surface area (Å²) < 4.78 is 10.5. The fourth-order valence-electron chi connectivity index (χ4n) is 3.47. The maximum absolute atomic E-state index is 12.5. The molecule has 1 unspecified atom stereocenters. The SMILES string of the molecule is CCC(CC)C(CNC(=O)N(C)Cc1cc(C)on1)N1CCOCC1. The molecule has 1 aromatic rings. The van der Waals surface area contributed by atoms with Crippen LogP contribution in [0.5, 0.6) is 0 Å². The number of nitrogens with one attached hydrogen (secondary N) is 1. The van der Waals surface area contributed by atoms with E-state index in [1.165, 1.54) is 0 Å². The molecule has 0 spiro atoms. The topological polar surface area (TPSA) is 70.8 Å². The predicted octanol–water partition coefficient (Wildman–Crippen LogP) is 2.26. The summed E-state index contributed by atoms with van der Waals surface area (Å²) in [6.07, 6.45) is 2.23. The van der Waals surface area contributed by atoms with Crippen molar-refractivity contribution in [3.63, 3.8) is 0 Å². The zero-order chi connectivity index (χ0) is 18.2. The number of carbonyl (C=O) groups is 1. The third-order valence-corrected chi connectivity index (χ3v) is 4.99. The van der Waals surface area contributed by atoms with Gasteiger partial charge in [-0.3, -0.25) is 4.90 Å². The third-order valence-electron chi connectivity index (χ3n) is 4.99. The first-order valence-corrected chi connectivity index (χ1v) is 9.28. The Kier molecular flexibility index (Phi) is 7.71. The van der Waals surface area contributed by atoms with Crippen LogP contribution in [0, 0.1) is 12.8 Å². The molecule has 0 aliphatic carbocycles. The molecule has 1 saturated heterocycles. The van der Waals surface area contributed by atoms with Crippen molar-refractivity contribution in [1.29, 1.82) is 0 Å². The second-order valence-electron chi connectivity index (χ2n) is 6.76. The largest absolute Gasteiger partial charge is 0.379 e. The number of nitrogens with zero attached hydrogens (tertiary/aromatic N) is 3. The van der Waals surface area contributed by atoms with Gasteiger partial charge < -0.3 is 19.5 Å². The Morgan fingerprint density at radius 2 is 2.04 bits per heavy atom. The smallest absolute Gasteiger partial charge is 0.317 e. The van der Waals surface area contributed by atoms with Crippen LogP contribution in [0.25, 0.3) is 0 Å². The van der Waals surface area contributed by atoms with E-state index in [1.54, 1.807) is 11.9 Å². The summed E-state index contributed by atoms with van der Waals surface area (Å²) in [5.41, 5.74) is 0.764. The van der Waals surface area contributed by atoms with E-state index in [0.717, 1.165) is 50.6 Å². The van der Waals surface area contributed by atoms with Gasteiger partial charge in [-0.15, -0.1) is 0 Å². The lowest BCUT2D eigenvalue weighted by molar-refractivity contribution is 0.00214. The number of aromatic nitrogens is 1. The van der Waals surface area contributed by atoms with Crippen molar-refractivity contribution in [2.75, 3.05) is 39.9 Å². The Morgan fingerprint density at radius 1 is 1.36 bits per heavy atom. The van der Waals surface area contributed by atoms with E-state index in [1.807, 2.05) is 13.0 Å². The van der Waals surface area contributed by atoms with Gasteiger partial charge in [-0.2, -0.15) is 0 Å². The summed E-state index contributed by atoms with van der Waals surface area (Å²) in [5.74, 6) is 1.33. The average Bonchev–Trinajstić information content (AvgIpc) is 3.03. The number of aryl methyl sites for hydroxylation is 1. The van der Waals surface area contributed by atoms with Crippen molar-refractivity contribution in [2.45, 2.75) is 46.2 Å². The molecule has 1 aromatic heterocycles. The molecule has 2 rings (SSSR count). The monoisotopic (exact) mass is 352 g/mol. The highest BCUT2D eigenvalue weighted by Crippen LogP contribution is 2.19. The van der Waals surface area contributed by atoms with Crippen LogP contribution < -0.4 is 5.32 Å². The van der Waals surface area contributed by atoms with Gasteiger partial charge in [0.15, 0.2) is 0 Å². The van der Waals surface area contributed by atoms with Crippen molar-refractivity contribution < 1.29 is 14.1 Å². The molecule has 1 aliphatic heterocycles. The number of amides is 2. The molecule has 1 N–H and O–H groups in total. The van der Waals surface area contributed by atoms with Crippen LogP contribution >= 0.6 is 0 Å². The number of carbonyl (C=O) groups excluding carboxylic acids is 1. The molecule has 0 aromatic carbocycles. The molecule has 142 valence electrons. The fraction of sp³-hybridized carbons (Fsp3) is 0.778. The first-order valence-electron chi connectivity index (χ1n) is 9.28. The van der Waals surface area contributed by atoms with Gasteiger partial charge >= 0.3 is 6.03 Å². The van der Waals surface area contributed by atoms with E-state index < -0.39 is 0 Å². The van der Waals surface area contributed by atoms with E-state index in [-0.39, 0.29) is 6.03 Å². The van der Waals surface area contributed by atoms with Gasteiger partial charge in [0, 0.05) is 38.8 Å². The van der Waals surface area contributed by atoms with E-state index in [0.29, 0.717) is 25.0 Å². The highest BCUT2D eigenvalue weighted by molar-refractivity contribution is 5.73. The summed E-state index contributed by atoms with van der Waals surface area (Å²) >= 11 is 0. The second-order valence-corrected chi connectivity index (χ2v) is 6.76. The van der Waals surface area contributed by atoms with Gasteiger partial charge in [-0.1, -0.05) is 31.8 Å². The van der Waals surface area contributed by atoms with Crippen molar-refractivity contribution in [2.24, 2.45) is 5.92 Å². The Bertz CT molecular complexity index is 524. The highest BCUT2D eigenvalue weighted by atomic mass is 16.5. The summed E-state index contributed by atoms with van der Waals surface area (Å²) in [6.45, 7) is 10.8. The summed E-state index contributed by atoms with van der Waals surface area (Å²) in [5, 5.41) is 7.04. The number of hydrogen-bond acceptors (Lipinski definition) is 5. The standard InChI is InChI=1S/C18H32N4O3/c1-5-15(6-2)17(22-7-9-24-10-8-22)12-19-18(23)21(4)13-16-11-14(3)25-20-16/h11,15,17H,5-10,12-13H2,1-4H3,(H,19,23). The molecular weight excluding hydrogens is 320 g/mol. The van der Waals surface area contributed by atoms with Gasteiger partial charge in [0.2, 0.25) is 0 Å². The molecule has 1 atom stereocenters. The van der Waals surface area contributed by atoms with Crippen LogP contribution in [-0.2, 0) is 11.3 Å². The number of hydrogen-bond donors (Lipinski definition) is 1. The molecule has 25 heavy (non-hydrogen) atoms. The van der Waals surface area contributed by atoms with Crippen molar-refractivity contribution >= 4 is 6.03 Å². The predicted molar refractivity (Wildman–Crippen MR) is 96.4 cm³/mol. The molecule has 2 amide bonds. The lowest BCUT2D eigenvalue weighted by Crippen LogP contribution is -2.53. The Labute approximate surface area is 150 Å². The summed E-state index contributed by atoms with van der Waals surface area (Å²) in [7, 11) is 1.78. The second kappa shape index (κ2) is 9.77. The van der Waals surface area contributed by atoms with E-state index in [2.05, 4.69) is 29.2 Å². The molecule has 2 heterocycles. The van der Waals surface area contributed by atoms with Crippen LogP contribution in [0.4, 0.5) is 4.79 Å². The molecule has 1 fully saturated rings. The van der Waals surface area contributed by atoms with E-state index in [9.17, 15) is 4.79 Å². The Balaban J connectivity index is 1.90. The van der Waals surface area contributed by atoms with Crippen LogP contribution in [0.15, 0.2) is 10.6 Å².